The van der Waals surface area contributed by atoms with Crippen molar-refractivity contribution < 1.29 is 9.53 Å². The topological polar surface area (TPSA) is 55.6 Å². The molecule has 1 amide bonds. The van der Waals surface area contributed by atoms with Crippen molar-refractivity contribution in [3.8, 4) is 5.75 Å². The summed E-state index contributed by atoms with van der Waals surface area (Å²) >= 11 is 0. The summed E-state index contributed by atoms with van der Waals surface area (Å²) in [5.41, 5.74) is 7.88. The van der Waals surface area contributed by atoms with Crippen LogP contribution in [0.1, 0.15) is 17.2 Å². The fourth-order valence-electron chi connectivity index (χ4n) is 2.12. The van der Waals surface area contributed by atoms with Gasteiger partial charge >= 0.3 is 0 Å². The summed E-state index contributed by atoms with van der Waals surface area (Å²) < 4.78 is 5.12. The van der Waals surface area contributed by atoms with Crippen molar-refractivity contribution in [1.29, 1.82) is 0 Å². The minimum Gasteiger partial charge on any atom is -0.497 e. The summed E-state index contributed by atoms with van der Waals surface area (Å²) in [7, 11) is 3.39. The van der Waals surface area contributed by atoms with Crippen LogP contribution < -0.4 is 10.5 Å². The highest BCUT2D eigenvalue weighted by atomic mass is 16.5. The largest absolute Gasteiger partial charge is 0.497 e. The van der Waals surface area contributed by atoms with Gasteiger partial charge < -0.3 is 15.4 Å². The molecule has 0 aliphatic rings. The zero-order valence-corrected chi connectivity index (χ0v) is 12.3. The monoisotopic (exact) mass is 284 g/mol. The summed E-state index contributed by atoms with van der Waals surface area (Å²) in [5, 5.41) is 0. The van der Waals surface area contributed by atoms with Gasteiger partial charge in [0.15, 0.2) is 0 Å². The molecule has 0 saturated carbocycles. The molecule has 2 N–H and O–H groups in total. The molecule has 4 nitrogen and oxygen atoms in total. The molecule has 0 fully saturated rings. The number of likely N-dealkylation sites (N-methyl/N-ethyl adjacent to an activating group) is 1. The van der Waals surface area contributed by atoms with Crippen molar-refractivity contribution >= 4 is 5.91 Å². The Morgan fingerprint density at radius 1 is 1.14 bits per heavy atom. The van der Waals surface area contributed by atoms with Crippen LogP contribution in [0.3, 0.4) is 0 Å². The van der Waals surface area contributed by atoms with E-state index in [0.717, 1.165) is 16.9 Å². The van der Waals surface area contributed by atoms with Gasteiger partial charge in [-0.15, -0.1) is 0 Å². The molecule has 1 atom stereocenters. The number of nitrogens with two attached hydrogens (primary N) is 1. The van der Waals surface area contributed by atoms with E-state index < -0.39 is 6.04 Å². The van der Waals surface area contributed by atoms with E-state index in [0.29, 0.717) is 6.54 Å². The predicted octanol–water partition coefficient (Wildman–Crippen LogP) is 2.35. The fourth-order valence-corrected chi connectivity index (χ4v) is 2.12. The maximum Gasteiger partial charge on any atom is 0.244 e. The Hall–Kier alpha value is -2.33. The van der Waals surface area contributed by atoms with Crippen molar-refractivity contribution in [2.75, 3.05) is 14.2 Å². The molecule has 0 aliphatic carbocycles. The Morgan fingerprint density at radius 3 is 2.33 bits per heavy atom. The number of amides is 1. The first-order valence-corrected chi connectivity index (χ1v) is 6.80. The molecule has 0 spiro atoms. The molecule has 2 rings (SSSR count). The first kappa shape index (κ1) is 15.1. The fraction of sp³-hybridized carbons (Fsp3) is 0.235. The highest BCUT2D eigenvalue weighted by Crippen LogP contribution is 2.16. The quantitative estimate of drug-likeness (QED) is 0.917. The van der Waals surface area contributed by atoms with Gasteiger partial charge in [-0.1, -0.05) is 42.5 Å². The molecule has 0 heterocycles. The van der Waals surface area contributed by atoms with Crippen LogP contribution in [0.25, 0.3) is 0 Å². The SMILES string of the molecule is COc1ccc(CN(C)C(=O)[C@H](N)c2ccccc2)cc1. The normalized spacial score (nSPS) is 11.8. The van der Waals surface area contributed by atoms with Crippen molar-refractivity contribution in [3.05, 3.63) is 65.7 Å². The van der Waals surface area contributed by atoms with Crippen LogP contribution in [0.5, 0.6) is 5.75 Å². The van der Waals surface area contributed by atoms with Gasteiger partial charge in [-0.05, 0) is 23.3 Å². The molecule has 2 aromatic carbocycles. The van der Waals surface area contributed by atoms with E-state index in [1.54, 1.807) is 19.1 Å². The van der Waals surface area contributed by atoms with Crippen molar-refractivity contribution in [2.24, 2.45) is 5.73 Å². The minimum atomic E-state index is -0.630. The van der Waals surface area contributed by atoms with Gasteiger partial charge in [-0.25, -0.2) is 0 Å². The standard InChI is InChI=1S/C17H20N2O2/c1-19(12-13-8-10-15(21-2)11-9-13)17(20)16(18)14-6-4-3-5-7-14/h3-11,16H,12,18H2,1-2H3/t16-/m1/s1. The molecule has 0 saturated heterocycles. The Morgan fingerprint density at radius 2 is 1.76 bits per heavy atom. The summed E-state index contributed by atoms with van der Waals surface area (Å²) in [5.74, 6) is 0.700. The van der Waals surface area contributed by atoms with Gasteiger partial charge in [0, 0.05) is 13.6 Å². The Kier molecular flexibility index (Phi) is 4.95. The molecule has 4 heteroatoms. The lowest BCUT2D eigenvalue weighted by atomic mass is 10.1. The molecular formula is C17H20N2O2. The van der Waals surface area contributed by atoms with Crippen LogP contribution in [-0.4, -0.2) is 25.0 Å². The average Bonchev–Trinajstić information content (AvgIpc) is 2.55. The highest BCUT2D eigenvalue weighted by molar-refractivity contribution is 5.82. The van der Waals surface area contributed by atoms with E-state index >= 15 is 0 Å². The molecule has 0 unspecified atom stereocenters. The highest BCUT2D eigenvalue weighted by Gasteiger charge is 2.19. The lowest BCUT2D eigenvalue weighted by Crippen LogP contribution is -2.35. The van der Waals surface area contributed by atoms with Crippen LogP contribution in [0.15, 0.2) is 54.6 Å². The number of carbonyl (C=O) groups excluding carboxylic acids is 1. The van der Waals surface area contributed by atoms with Crippen LogP contribution in [0, 0.1) is 0 Å². The summed E-state index contributed by atoms with van der Waals surface area (Å²) in [4.78, 5) is 14.0. The molecule has 110 valence electrons. The van der Waals surface area contributed by atoms with E-state index in [1.807, 2.05) is 54.6 Å². The smallest absolute Gasteiger partial charge is 0.244 e. The molecule has 0 bridgehead atoms. The Balaban J connectivity index is 2.01. The van der Waals surface area contributed by atoms with Gasteiger partial charge in [0.2, 0.25) is 5.91 Å². The third kappa shape index (κ3) is 3.83. The summed E-state index contributed by atoms with van der Waals surface area (Å²) in [6.07, 6.45) is 0. The number of hydrogen-bond acceptors (Lipinski definition) is 3. The summed E-state index contributed by atoms with van der Waals surface area (Å²) in [6, 6.07) is 16.4. The van der Waals surface area contributed by atoms with Gasteiger partial charge in [-0.3, -0.25) is 4.79 Å². The molecule has 21 heavy (non-hydrogen) atoms. The van der Waals surface area contributed by atoms with Crippen LogP contribution in [0.2, 0.25) is 0 Å². The second-order valence-electron chi connectivity index (χ2n) is 4.93. The van der Waals surface area contributed by atoms with E-state index in [9.17, 15) is 4.79 Å². The molecule has 0 aromatic heterocycles. The predicted molar refractivity (Wildman–Crippen MR) is 82.8 cm³/mol. The van der Waals surface area contributed by atoms with Gasteiger partial charge in [-0.2, -0.15) is 0 Å². The lowest BCUT2D eigenvalue weighted by Gasteiger charge is -2.21. The zero-order valence-electron chi connectivity index (χ0n) is 12.3. The molecule has 0 radical (unpaired) electrons. The number of nitrogens with zero attached hydrogens (tertiary/aromatic N) is 1. The Labute approximate surface area is 125 Å². The van der Waals surface area contributed by atoms with Crippen molar-refractivity contribution in [2.45, 2.75) is 12.6 Å². The maximum absolute atomic E-state index is 12.3. The number of benzene rings is 2. The van der Waals surface area contributed by atoms with Gasteiger partial charge in [0.05, 0.1) is 7.11 Å². The minimum absolute atomic E-state index is 0.1000. The second kappa shape index (κ2) is 6.90. The second-order valence-corrected chi connectivity index (χ2v) is 4.93. The molecule has 2 aromatic rings. The number of hydrogen-bond donors (Lipinski definition) is 1. The van der Waals surface area contributed by atoms with Crippen LogP contribution in [-0.2, 0) is 11.3 Å². The number of ether oxygens (including phenoxy) is 1. The van der Waals surface area contributed by atoms with Crippen LogP contribution in [0.4, 0.5) is 0 Å². The number of rotatable bonds is 5. The summed E-state index contributed by atoms with van der Waals surface area (Å²) in [6.45, 7) is 0.517. The first-order chi connectivity index (χ1) is 10.1. The molecule has 0 aliphatic heterocycles. The van der Waals surface area contributed by atoms with Gasteiger partial charge in [0.25, 0.3) is 0 Å². The average molecular weight is 284 g/mol. The van der Waals surface area contributed by atoms with E-state index in [-0.39, 0.29) is 5.91 Å². The zero-order chi connectivity index (χ0) is 15.2. The van der Waals surface area contributed by atoms with E-state index in [2.05, 4.69) is 0 Å². The third-order valence-corrected chi connectivity index (χ3v) is 3.38. The van der Waals surface area contributed by atoms with Crippen molar-refractivity contribution in [3.63, 3.8) is 0 Å². The molecular weight excluding hydrogens is 264 g/mol. The van der Waals surface area contributed by atoms with Crippen LogP contribution >= 0.6 is 0 Å². The van der Waals surface area contributed by atoms with Crippen molar-refractivity contribution in [1.82, 2.24) is 4.90 Å². The lowest BCUT2D eigenvalue weighted by molar-refractivity contribution is -0.131. The van der Waals surface area contributed by atoms with E-state index in [4.69, 9.17) is 10.5 Å². The number of methoxy groups -OCH3 is 1. The Bertz CT molecular complexity index is 581. The maximum atomic E-state index is 12.3. The first-order valence-electron chi connectivity index (χ1n) is 6.80. The third-order valence-electron chi connectivity index (χ3n) is 3.38. The number of carbonyl (C=O) groups is 1. The van der Waals surface area contributed by atoms with Gasteiger partial charge in [0.1, 0.15) is 11.8 Å². The van der Waals surface area contributed by atoms with E-state index in [1.165, 1.54) is 0 Å².